The fourth-order valence-electron chi connectivity index (χ4n) is 0.110. The zero-order valence-corrected chi connectivity index (χ0v) is 6.13. The Morgan fingerprint density at radius 2 is 1.90 bits per heavy atom. The summed E-state index contributed by atoms with van der Waals surface area (Å²) in [5.74, 6) is -1.45. The van der Waals surface area contributed by atoms with E-state index in [0.29, 0.717) is 0 Å². The molecule has 0 bridgehead atoms. The zero-order chi connectivity index (χ0) is 7.65. The van der Waals surface area contributed by atoms with E-state index in [1.54, 1.807) is 0 Å². The lowest BCUT2D eigenvalue weighted by Gasteiger charge is -2.20. The Labute approximate surface area is 63.9 Å². The first kappa shape index (κ1) is 12.3. The number of hydrogen-bond donors (Lipinski definition) is 4. The third-order valence-electron chi connectivity index (χ3n) is 0.997. The number of carbonyl (C=O) groups is 1. The average molecular weight is 172 g/mol. The van der Waals surface area contributed by atoms with Gasteiger partial charge in [0.25, 0.3) is 0 Å². The fourth-order valence-corrected chi connectivity index (χ4v) is 0.110. The van der Waals surface area contributed by atoms with Crippen LogP contribution in [0.3, 0.4) is 0 Å². The first-order chi connectivity index (χ1) is 3.89. The van der Waals surface area contributed by atoms with Gasteiger partial charge in [-0.15, -0.1) is 12.4 Å². The maximum absolute atomic E-state index is 10.0. The minimum Gasteiger partial charge on any atom is -0.480 e. The third-order valence-corrected chi connectivity index (χ3v) is 0.997. The van der Waals surface area contributed by atoms with Crippen LogP contribution < -0.4 is 5.73 Å². The third kappa shape index (κ3) is 2.49. The molecule has 0 aliphatic carbocycles. The molecule has 0 aliphatic rings. The van der Waals surface area contributed by atoms with E-state index in [-0.39, 0.29) is 12.4 Å². The quantitative estimate of drug-likeness (QED) is 0.380. The SMILES string of the molecule is C[C@](N)(C(=O)O)C(O)O.Cl. The van der Waals surface area contributed by atoms with Crippen LogP contribution in [-0.2, 0) is 4.79 Å². The number of aliphatic hydroxyl groups excluding tert-OH is 1. The summed E-state index contributed by atoms with van der Waals surface area (Å²) in [6, 6.07) is 0. The van der Waals surface area contributed by atoms with Gasteiger partial charge >= 0.3 is 5.97 Å². The largest absolute Gasteiger partial charge is 0.480 e. The van der Waals surface area contributed by atoms with E-state index in [0.717, 1.165) is 6.92 Å². The summed E-state index contributed by atoms with van der Waals surface area (Å²) in [6.45, 7) is 1.01. The van der Waals surface area contributed by atoms with Gasteiger partial charge in [-0.3, -0.25) is 4.79 Å². The lowest BCUT2D eigenvalue weighted by Crippen LogP contribution is -2.54. The van der Waals surface area contributed by atoms with Crippen molar-refractivity contribution in [3.05, 3.63) is 0 Å². The van der Waals surface area contributed by atoms with Crippen molar-refractivity contribution in [2.24, 2.45) is 5.73 Å². The topological polar surface area (TPSA) is 104 Å². The summed E-state index contributed by atoms with van der Waals surface area (Å²) in [7, 11) is 0. The van der Waals surface area contributed by atoms with Crippen LogP contribution in [0.4, 0.5) is 0 Å². The van der Waals surface area contributed by atoms with Gasteiger partial charge in [0.2, 0.25) is 0 Å². The van der Waals surface area contributed by atoms with Gasteiger partial charge in [-0.05, 0) is 6.92 Å². The summed E-state index contributed by atoms with van der Waals surface area (Å²) in [4.78, 5) is 10.0. The lowest BCUT2D eigenvalue weighted by molar-refractivity contribution is -0.160. The molecular formula is C4H10ClNO4. The van der Waals surface area contributed by atoms with E-state index in [1.807, 2.05) is 0 Å². The van der Waals surface area contributed by atoms with Crippen molar-refractivity contribution >= 4 is 18.4 Å². The van der Waals surface area contributed by atoms with Crippen LogP contribution in [0.15, 0.2) is 0 Å². The van der Waals surface area contributed by atoms with Gasteiger partial charge in [0.15, 0.2) is 11.8 Å². The molecule has 0 aromatic carbocycles. The number of aliphatic hydroxyl groups is 2. The van der Waals surface area contributed by atoms with Crippen LogP contribution in [-0.4, -0.2) is 33.1 Å². The number of carboxylic acid groups (broad SMARTS) is 1. The van der Waals surface area contributed by atoms with E-state index >= 15 is 0 Å². The minimum atomic E-state index is -2.03. The first-order valence-corrected chi connectivity index (χ1v) is 2.27. The molecule has 6 heteroatoms. The molecule has 0 saturated carbocycles. The van der Waals surface area contributed by atoms with E-state index in [9.17, 15) is 4.79 Å². The average Bonchev–Trinajstić information content (AvgIpc) is 1.65. The Kier molecular flexibility index (Phi) is 4.59. The summed E-state index contributed by atoms with van der Waals surface area (Å²) in [6.07, 6.45) is -2.03. The molecule has 0 fully saturated rings. The van der Waals surface area contributed by atoms with E-state index in [4.69, 9.17) is 21.1 Å². The Bertz CT molecular complexity index is 124. The summed E-state index contributed by atoms with van der Waals surface area (Å²) >= 11 is 0. The van der Waals surface area contributed by atoms with Crippen LogP contribution >= 0.6 is 12.4 Å². The molecule has 10 heavy (non-hydrogen) atoms. The zero-order valence-electron chi connectivity index (χ0n) is 5.31. The molecule has 0 aromatic heterocycles. The normalized spacial score (nSPS) is 15.7. The molecular weight excluding hydrogens is 161 g/mol. The standard InChI is InChI=1S/C4H9NO4.ClH/c1-4(5,2(6)7)3(8)9;/h2,6-7H,5H2,1H3,(H,8,9);1H/t4-;/m1./s1. The molecule has 1 atom stereocenters. The van der Waals surface area contributed by atoms with Gasteiger partial charge in [-0.25, -0.2) is 0 Å². The second kappa shape index (κ2) is 3.72. The second-order valence-corrected chi connectivity index (χ2v) is 1.96. The number of halogens is 1. The Hall–Kier alpha value is -0.360. The molecule has 0 amide bonds. The summed E-state index contributed by atoms with van der Waals surface area (Å²) < 4.78 is 0. The highest BCUT2D eigenvalue weighted by molar-refractivity contribution is 5.85. The van der Waals surface area contributed by atoms with Crippen molar-refractivity contribution in [3.8, 4) is 0 Å². The van der Waals surface area contributed by atoms with Crippen LogP contribution in [0.2, 0.25) is 0 Å². The van der Waals surface area contributed by atoms with Gasteiger partial charge in [0.1, 0.15) is 0 Å². The van der Waals surface area contributed by atoms with Crippen LogP contribution in [0, 0.1) is 0 Å². The Balaban J connectivity index is 0. The van der Waals surface area contributed by atoms with Gasteiger partial charge in [0.05, 0.1) is 0 Å². The van der Waals surface area contributed by atoms with Gasteiger partial charge in [-0.2, -0.15) is 0 Å². The molecule has 0 aromatic rings. The van der Waals surface area contributed by atoms with Crippen LogP contribution in [0.1, 0.15) is 6.92 Å². The van der Waals surface area contributed by atoms with Crippen molar-refractivity contribution in [2.45, 2.75) is 18.8 Å². The molecule has 0 unspecified atom stereocenters. The van der Waals surface area contributed by atoms with Crippen molar-refractivity contribution < 1.29 is 20.1 Å². The fraction of sp³-hybridized carbons (Fsp3) is 0.750. The number of rotatable bonds is 2. The Morgan fingerprint density at radius 3 is 1.90 bits per heavy atom. The van der Waals surface area contributed by atoms with E-state index in [2.05, 4.69) is 0 Å². The maximum atomic E-state index is 10.0. The monoisotopic (exact) mass is 171 g/mol. The molecule has 0 heterocycles. The van der Waals surface area contributed by atoms with E-state index < -0.39 is 17.8 Å². The van der Waals surface area contributed by atoms with Crippen LogP contribution in [0.25, 0.3) is 0 Å². The molecule has 0 spiro atoms. The second-order valence-electron chi connectivity index (χ2n) is 1.96. The first-order valence-electron chi connectivity index (χ1n) is 2.27. The van der Waals surface area contributed by atoms with Gasteiger partial charge < -0.3 is 21.1 Å². The smallest absolute Gasteiger partial charge is 0.328 e. The highest BCUT2D eigenvalue weighted by Crippen LogP contribution is 2.02. The van der Waals surface area contributed by atoms with Crippen molar-refractivity contribution in [3.63, 3.8) is 0 Å². The van der Waals surface area contributed by atoms with Crippen LogP contribution in [0.5, 0.6) is 0 Å². The molecule has 0 aliphatic heterocycles. The van der Waals surface area contributed by atoms with Crippen molar-refractivity contribution in [1.82, 2.24) is 0 Å². The number of carboxylic acids is 1. The molecule has 62 valence electrons. The molecule has 0 radical (unpaired) electrons. The van der Waals surface area contributed by atoms with Crippen molar-refractivity contribution in [2.75, 3.05) is 0 Å². The minimum absolute atomic E-state index is 0. The van der Waals surface area contributed by atoms with Gasteiger partial charge in [-0.1, -0.05) is 0 Å². The van der Waals surface area contributed by atoms with Gasteiger partial charge in [0, 0.05) is 0 Å². The predicted molar refractivity (Wildman–Crippen MR) is 35.7 cm³/mol. The molecule has 5 N–H and O–H groups in total. The highest BCUT2D eigenvalue weighted by atomic mass is 35.5. The number of nitrogens with two attached hydrogens (primary N) is 1. The molecule has 0 saturated heterocycles. The van der Waals surface area contributed by atoms with E-state index in [1.165, 1.54) is 0 Å². The predicted octanol–water partition coefficient (Wildman–Crippen LogP) is -1.48. The molecule has 0 rings (SSSR count). The number of hydrogen-bond acceptors (Lipinski definition) is 4. The lowest BCUT2D eigenvalue weighted by atomic mass is 10.1. The molecule has 5 nitrogen and oxygen atoms in total. The van der Waals surface area contributed by atoms with Crippen molar-refractivity contribution in [1.29, 1.82) is 0 Å². The number of aliphatic carboxylic acids is 1. The summed E-state index contributed by atoms with van der Waals surface area (Å²) in [5, 5.41) is 24.8. The maximum Gasteiger partial charge on any atom is 0.328 e. The summed E-state index contributed by atoms with van der Waals surface area (Å²) in [5.41, 5.74) is 2.93. The Morgan fingerprint density at radius 1 is 1.60 bits per heavy atom. The highest BCUT2D eigenvalue weighted by Gasteiger charge is 2.35.